The zero-order valence-corrected chi connectivity index (χ0v) is 12.8. The molecule has 0 aliphatic carbocycles. The van der Waals surface area contributed by atoms with Gasteiger partial charge in [0, 0.05) is 23.0 Å². The maximum atomic E-state index is 12.0. The first kappa shape index (κ1) is 16.2. The van der Waals surface area contributed by atoms with E-state index in [0.717, 1.165) is 0 Å². The van der Waals surface area contributed by atoms with Gasteiger partial charge in [-0.1, -0.05) is 17.5 Å². The monoisotopic (exact) mass is 318 g/mol. The summed E-state index contributed by atoms with van der Waals surface area (Å²) in [5.41, 5.74) is 6.74. The summed E-state index contributed by atoms with van der Waals surface area (Å²) >= 11 is 7.41. The minimum atomic E-state index is -3.59. The number of thioether (sulfide) groups is 1. The van der Waals surface area contributed by atoms with E-state index in [4.69, 9.17) is 23.8 Å². The Kier molecular flexibility index (Phi) is 6.01. The summed E-state index contributed by atoms with van der Waals surface area (Å²) in [6.07, 6.45) is 5.10. The van der Waals surface area contributed by atoms with Crippen molar-refractivity contribution >= 4 is 39.1 Å². The van der Waals surface area contributed by atoms with Crippen LogP contribution >= 0.6 is 23.4 Å². The number of rotatable bonds is 6. The lowest BCUT2D eigenvalue weighted by molar-refractivity contribution is 0.584. The van der Waals surface area contributed by atoms with Gasteiger partial charge < -0.3 is 5.73 Å². The third kappa shape index (κ3) is 4.62. The fraction of sp³-hybridized carbons (Fsp3) is 0.333. The molecule has 1 rings (SSSR count). The summed E-state index contributed by atoms with van der Waals surface area (Å²) in [5.74, 6) is 3.64. The zero-order valence-electron chi connectivity index (χ0n) is 10.4. The number of nitrogen functional groups attached to an aromatic ring is 1. The molecule has 19 heavy (non-hydrogen) atoms. The Morgan fingerprint density at radius 2 is 2.21 bits per heavy atom. The minimum absolute atomic E-state index is 0.0718. The van der Waals surface area contributed by atoms with Crippen LogP contribution in [0.3, 0.4) is 0 Å². The van der Waals surface area contributed by atoms with Crippen LogP contribution in [0.5, 0.6) is 0 Å². The van der Waals surface area contributed by atoms with Crippen LogP contribution in [0.4, 0.5) is 5.69 Å². The number of anilines is 1. The molecule has 1 aromatic carbocycles. The standard InChI is InChI=1S/C12H15ClN2O2S2/c1-3-5-18-6-4-15-19(16,17)10-7-11(13)9(2)12(14)8-10/h1,7-8,15H,4-6,14H2,2H3. The van der Waals surface area contributed by atoms with Crippen LogP contribution in [-0.2, 0) is 10.0 Å². The minimum Gasteiger partial charge on any atom is -0.398 e. The summed E-state index contributed by atoms with van der Waals surface area (Å²) in [6, 6.07) is 2.79. The molecule has 0 heterocycles. The van der Waals surface area contributed by atoms with Gasteiger partial charge in [-0.05, 0) is 24.6 Å². The van der Waals surface area contributed by atoms with Gasteiger partial charge in [0.05, 0.1) is 10.6 Å². The van der Waals surface area contributed by atoms with Crippen LogP contribution in [0.1, 0.15) is 5.56 Å². The molecule has 3 N–H and O–H groups in total. The van der Waals surface area contributed by atoms with Crippen LogP contribution in [-0.4, -0.2) is 26.5 Å². The Morgan fingerprint density at radius 1 is 1.53 bits per heavy atom. The SMILES string of the molecule is C#CCSCCNS(=O)(=O)c1cc(N)c(C)c(Cl)c1. The molecular formula is C12H15ClN2O2S2. The van der Waals surface area contributed by atoms with Crippen molar-refractivity contribution in [3.05, 3.63) is 22.7 Å². The predicted molar refractivity (Wildman–Crippen MR) is 81.9 cm³/mol. The van der Waals surface area contributed by atoms with Gasteiger partial charge in [-0.2, -0.15) is 0 Å². The molecule has 0 saturated carbocycles. The van der Waals surface area contributed by atoms with Gasteiger partial charge in [0.25, 0.3) is 0 Å². The van der Waals surface area contributed by atoms with E-state index in [0.29, 0.717) is 34.3 Å². The normalized spacial score (nSPS) is 11.2. The average Bonchev–Trinajstić information content (AvgIpc) is 2.35. The van der Waals surface area contributed by atoms with E-state index in [9.17, 15) is 8.42 Å². The summed E-state index contributed by atoms with van der Waals surface area (Å²) in [5, 5.41) is 0.335. The quantitative estimate of drug-likeness (QED) is 0.477. The molecule has 0 radical (unpaired) electrons. The smallest absolute Gasteiger partial charge is 0.240 e. The second-order valence-electron chi connectivity index (χ2n) is 3.77. The fourth-order valence-electron chi connectivity index (χ4n) is 1.29. The van der Waals surface area contributed by atoms with E-state index in [2.05, 4.69) is 10.6 Å². The molecule has 0 aromatic heterocycles. The number of hydrogen-bond acceptors (Lipinski definition) is 4. The molecule has 0 bridgehead atoms. The largest absolute Gasteiger partial charge is 0.398 e. The third-order valence-corrected chi connectivity index (χ3v) is 5.09. The highest BCUT2D eigenvalue weighted by atomic mass is 35.5. The molecule has 0 saturated heterocycles. The lowest BCUT2D eigenvalue weighted by atomic mass is 10.2. The van der Waals surface area contributed by atoms with Gasteiger partial charge in [-0.3, -0.25) is 0 Å². The molecule has 0 aliphatic rings. The number of sulfonamides is 1. The fourth-order valence-corrected chi connectivity index (χ4v) is 3.31. The highest BCUT2D eigenvalue weighted by Gasteiger charge is 2.16. The molecule has 0 amide bonds. The third-order valence-electron chi connectivity index (χ3n) is 2.39. The van der Waals surface area contributed by atoms with Crippen LogP contribution in [0, 0.1) is 19.3 Å². The number of halogens is 1. The molecule has 0 atom stereocenters. The first-order valence-corrected chi connectivity index (χ1v) is 8.46. The van der Waals surface area contributed by atoms with Crippen LogP contribution in [0.15, 0.2) is 17.0 Å². The van der Waals surface area contributed by atoms with Crippen molar-refractivity contribution in [1.29, 1.82) is 0 Å². The number of benzene rings is 1. The first-order chi connectivity index (χ1) is 8.88. The lowest BCUT2D eigenvalue weighted by Crippen LogP contribution is -2.26. The summed E-state index contributed by atoms with van der Waals surface area (Å²) in [4.78, 5) is 0.0718. The summed E-state index contributed by atoms with van der Waals surface area (Å²) in [7, 11) is -3.59. The number of terminal acetylenes is 1. The maximum absolute atomic E-state index is 12.0. The number of nitrogens with one attached hydrogen (secondary N) is 1. The Labute approximate surface area is 123 Å². The molecule has 0 fully saturated rings. The van der Waals surface area contributed by atoms with Crippen molar-refractivity contribution in [2.75, 3.05) is 23.8 Å². The van der Waals surface area contributed by atoms with Gasteiger partial charge >= 0.3 is 0 Å². The van der Waals surface area contributed by atoms with E-state index in [-0.39, 0.29) is 4.90 Å². The summed E-state index contributed by atoms with van der Waals surface area (Å²) in [6.45, 7) is 2.04. The van der Waals surface area contributed by atoms with Gasteiger partial charge in [0.15, 0.2) is 0 Å². The van der Waals surface area contributed by atoms with Gasteiger partial charge in [0.2, 0.25) is 10.0 Å². The molecule has 0 aliphatic heterocycles. The lowest BCUT2D eigenvalue weighted by Gasteiger charge is -2.09. The first-order valence-electron chi connectivity index (χ1n) is 5.45. The molecule has 104 valence electrons. The van der Waals surface area contributed by atoms with Gasteiger partial charge in [-0.25, -0.2) is 13.1 Å². The van der Waals surface area contributed by atoms with Crippen molar-refractivity contribution in [2.45, 2.75) is 11.8 Å². The maximum Gasteiger partial charge on any atom is 0.240 e. The number of hydrogen-bond donors (Lipinski definition) is 2. The van der Waals surface area contributed by atoms with Crippen molar-refractivity contribution in [2.24, 2.45) is 0 Å². The Bertz CT molecular complexity index is 571. The van der Waals surface area contributed by atoms with E-state index in [1.165, 1.54) is 23.9 Å². The van der Waals surface area contributed by atoms with Crippen LogP contribution in [0.25, 0.3) is 0 Å². The van der Waals surface area contributed by atoms with Crippen LogP contribution in [0.2, 0.25) is 5.02 Å². The summed E-state index contributed by atoms with van der Waals surface area (Å²) < 4.78 is 26.5. The van der Waals surface area contributed by atoms with Crippen molar-refractivity contribution < 1.29 is 8.42 Å². The zero-order chi connectivity index (χ0) is 14.5. The highest BCUT2D eigenvalue weighted by molar-refractivity contribution is 7.99. The Morgan fingerprint density at radius 3 is 2.79 bits per heavy atom. The van der Waals surface area contributed by atoms with E-state index in [1.54, 1.807) is 6.92 Å². The van der Waals surface area contributed by atoms with Crippen molar-refractivity contribution in [1.82, 2.24) is 4.72 Å². The molecule has 0 spiro atoms. The predicted octanol–water partition coefficient (Wildman–Crippen LogP) is 1.88. The molecule has 4 nitrogen and oxygen atoms in total. The number of nitrogens with two attached hydrogens (primary N) is 1. The molecule has 7 heteroatoms. The Hall–Kier alpha value is -0.870. The van der Waals surface area contributed by atoms with Crippen LogP contribution < -0.4 is 10.5 Å². The molecule has 0 unspecified atom stereocenters. The van der Waals surface area contributed by atoms with E-state index >= 15 is 0 Å². The van der Waals surface area contributed by atoms with Gasteiger partial charge in [0.1, 0.15) is 0 Å². The van der Waals surface area contributed by atoms with E-state index in [1.807, 2.05) is 0 Å². The molecule has 1 aromatic rings. The van der Waals surface area contributed by atoms with Gasteiger partial charge in [-0.15, -0.1) is 18.2 Å². The Balaban J connectivity index is 2.76. The highest BCUT2D eigenvalue weighted by Crippen LogP contribution is 2.25. The van der Waals surface area contributed by atoms with Crippen molar-refractivity contribution in [3.63, 3.8) is 0 Å². The van der Waals surface area contributed by atoms with E-state index < -0.39 is 10.0 Å². The topological polar surface area (TPSA) is 72.2 Å². The second-order valence-corrected chi connectivity index (χ2v) is 7.05. The van der Waals surface area contributed by atoms with Crippen molar-refractivity contribution in [3.8, 4) is 12.3 Å². The average molecular weight is 319 g/mol. The molecular weight excluding hydrogens is 304 g/mol. The second kappa shape index (κ2) is 7.06.